The minimum Gasteiger partial charge on any atom is -0.359 e. The van der Waals surface area contributed by atoms with Gasteiger partial charge in [-0.05, 0) is 56.9 Å². The van der Waals surface area contributed by atoms with Crippen molar-refractivity contribution in [2.24, 2.45) is 0 Å². The number of hydrogen-bond acceptors (Lipinski definition) is 9. The van der Waals surface area contributed by atoms with Crippen molar-refractivity contribution in [2.45, 2.75) is 148 Å². The number of pyridine rings is 1. The predicted molar refractivity (Wildman–Crippen MR) is 226 cm³/mol. The number of benzene rings is 1. The number of anilines is 3. The summed E-state index contributed by atoms with van der Waals surface area (Å²) in [6.45, 7) is 10.1. The summed E-state index contributed by atoms with van der Waals surface area (Å²) in [7, 11) is 0. The number of piperazine rings is 1. The number of hydrogen-bond donors (Lipinski definition) is 2. The summed E-state index contributed by atoms with van der Waals surface area (Å²) in [5.74, 6) is 0.301. The highest BCUT2D eigenvalue weighted by atomic mass is 32.1. The van der Waals surface area contributed by atoms with Crippen LogP contribution in [0.5, 0.6) is 0 Å². The summed E-state index contributed by atoms with van der Waals surface area (Å²) < 4.78 is 16.1. The summed E-state index contributed by atoms with van der Waals surface area (Å²) in [5.41, 5.74) is 2.72. The van der Waals surface area contributed by atoms with Crippen LogP contribution in [0, 0.1) is 5.82 Å². The molecule has 0 spiro atoms. The van der Waals surface area contributed by atoms with Gasteiger partial charge in [0.05, 0.1) is 22.3 Å². The number of amides is 1. The van der Waals surface area contributed by atoms with Gasteiger partial charge in [-0.3, -0.25) is 9.69 Å². The molecule has 1 aromatic carbocycles. The molecule has 1 aliphatic heterocycles. The average molecular weight is 771 g/mol. The molecule has 55 heavy (non-hydrogen) atoms. The van der Waals surface area contributed by atoms with Crippen molar-refractivity contribution in [2.75, 3.05) is 36.8 Å². The van der Waals surface area contributed by atoms with Gasteiger partial charge < -0.3 is 15.5 Å². The number of nitrogens with one attached hydrogen (secondary N) is 2. The molecule has 0 bridgehead atoms. The lowest BCUT2D eigenvalue weighted by molar-refractivity contribution is -0.135. The highest BCUT2D eigenvalue weighted by Crippen LogP contribution is 2.33. The van der Waals surface area contributed by atoms with Crippen molar-refractivity contribution in [3.8, 4) is 11.3 Å². The van der Waals surface area contributed by atoms with E-state index in [0.717, 1.165) is 66.4 Å². The maximum Gasteiger partial charge on any atom is 0.230 e. The monoisotopic (exact) mass is 770 g/mol. The molecule has 1 amide bonds. The van der Waals surface area contributed by atoms with Crippen molar-refractivity contribution in [3.05, 3.63) is 54.1 Å². The molecule has 3 aromatic heterocycles. The van der Waals surface area contributed by atoms with Crippen LogP contribution in [0.1, 0.15) is 141 Å². The summed E-state index contributed by atoms with van der Waals surface area (Å²) in [5, 5.41) is 7.65. The molecular weight excluding hydrogens is 708 g/mol. The van der Waals surface area contributed by atoms with Gasteiger partial charge in [-0.15, -0.1) is 0 Å². The third-order valence-corrected chi connectivity index (χ3v) is 12.5. The molecule has 1 saturated carbocycles. The fourth-order valence-electron chi connectivity index (χ4n) is 8.11. The predicted octanol–water partition coefficient (Wildman–Crippen LogP) is 11.1. The topological polar surface area (TPSA) is 99.2 Å². The molecule has 1 saturated heterocycles. The number of aromatic nitrogens is 4. The summed E-state index contributed by atoms with van der Waals surface area (Å²) >= 11 is 1.59. The van der Waals surface area contributed by atoms with Crippen LogP contribution in [0.25, 0.3) is 21.5 Å². The lowest BCUT2D eigenvalue weighted by Crippen LogP contribution is -2.51. The van der Waals surface area contributed by atoms with E-state index in [0.29, 0.717) is 23.5 Å². The van der Waals surface area contributed by atoms with Crippen LogP contribution < -0.4 is 10.6 Å². The SMILES string of the molecule is CCCCCCCCCCCCCCC(C(=O)N1CCN(C(C)C)CC1)c1ccc(Nc2ncc(F)c(-c3ccc4nc(NC5CCCC5)sc4c3)n2)nc1. The first-order chi connectivity index (χ1) is 26.9. The van der Waals surface area contributed by atoms with Gasteiger partial charge in [0.1, 0.15) is 11.5 Å². The first-order valence-corrected chi connectivity index (χ1v) is 22.2. The number of nitrogens with zero attached hydrogens (tertiary/aromatic N) is 6. The number of thiazole rings is 1. The highest BCUT2D eigenvalue weighted by molar-refractivity contribution is 7.22. The molecule has 0 radical (unpaired) electrons. The van der Waals surface area contributed by atoms with Crippen molar-refractivity contribution in [1.29, 1.82) is 0 Å². The van der Waals surface area contributed by atoms with Crippen LogP contribution >= 0.6 is 11.3 Å². The zero-order valence-electron chi connectivity index (χ0n) is 33.5. The lowest BCUT2D eigenvalue weighted by atomic mass is 9.92. The van der Waals surface area contributed by atoms with Gasteiger partial charge in [0.15, 0.2) is 10.9 Å². The Bertz CT molecular complexity index is 1770. The van der Waals surface area contributed by atoms with E-state index in [9.17, 15) is 4.79 Å². The lowest BCUT2D eigenvalue weighted by Gasteiger charge is -2.38. The van der Waals surface area contributed by atoms with Crippen molar-refractivity contribution in [3.63, 3.8) is 0 Å². The smallest absolute Gasteiger partial charge is 0.230 e. The third kappa shape index (κ3) is 11.9. The number of fused-ring (bicyclic) bond motifs is 1. The Morgan fingerprint density at radius 2 is 1.55 bits per heavy atom. The fourth-order valence-corrected chi connectivity index (χ4v) is 9.09. The molecule has 2 N–H and O–H groups in total. The molecule has 4 heterocycles. The summed E-state index contributed by atoms with van der Waals surface area (Å²) in [6.07, 6.45) is 24.2. The molecule has 2 fully saturated rings. The Hall–Kier alpha value is -3.70. The maximum absolute atomic E-state index is 15.1. The standard InChI is InChI=1S/C44H63FN8OS/c1-4-5-6-7-8-9-10-11-12-13-14-15-20-36(42(54)53-27-25-52(26-28-53)32(2)3)34-22-24-40(46-30-34)50-43-47-31-37(45)41(51-43)33-21-23-38-39(29-33)55-44(49-38)48-35-18-16-17-19-35/h21-24,29-32,35-36H,4-20,25-28H2,1-3H3,(H,48,49)(H,46,47,50,51). The number of halogens is 1. The van der Waals surface area contributed by atoms with E-state index in [2.05, 4.69) is 51.2 Å². The molecule has 1 atom stereocenters. The molecule has 2 aliphatic rings. The summed E-state index contributed by atoms with van der Waals surface area (Å²) in [6, 6.07) is 10.6. The van der Waals surface area contributed by atoms with E-state index in [-0.39, 0.29) is 23.5 Å². The van der Waals surface area contributed by atoms with E-state index in [4.69, 9.17) is 9.97 Å². The molecule has 298 valence electrons. The molecule has 11 heteroatoms. The van der Waals surface area contributed by atoms with Gasteiger partial charge in [0.2, 0.25) is 11.9 Å². The van der Waals surface area contributed by atoms with Crippen molar-refractivity contribution in [1.82, 2.24) is 29.7 Å². The Morgan fingerprint density at radius 3 is 2.20 bits per heavy atom. The van der Waals surface area contributed by atoms with Crippen LogP contribution in [0.15, 0.2) is 42.7 Å². The van der Waals surface area contributed by atoms with Crippen molar-refractivity contribution >= 4 is 44.4 Å². The normalized spacial score (nSPS) is 16.0. The Balaban J connectivity index is 1.06. The van der Waals surface area contributed by atoms with Gasteiger partial charge in [-0.1, -0.05) is 120 Å². The molecule has 1 unspecified atom stereocenters. The molecule has 4 aromatic rings. The van der Waals surface area contributed by atoms with E-state index < -0.39 is 5.82 Å². The van der Waals surface area contributed by atoms with Gasteiger partial charge in [0.25, 0.3) is 0 Å². The zero-order valence-corrected chi connectivity index (χ0v) is 34.3. The third-order valence-electron chi connectivity index (χ3n) is 11.5. The van der Waals surface area contributed by atoms with Crippen LogP contribution in [0.3, 0.4) is 0 Å². The molecular formula is C44H63FN8OS. The second kappa shape index (κ2) is 21.0. The van der Waals surface area contributed by atoms with E-state index in [1.807, 2.05) is 36.5 Å². The largest absolute Gasteiger partial charge is 0.359 e. The van der Waals surface area contributed by atoms with Crippen LogP contribution in [0.4, 0.5) is 21.3 Å². The zero-order chi connectivity index (χ0) is 38.4. The van der Waals surface area contributed by atoms with Crippen LogP contribution in [-0.2, 0) is 4.79 Å². The summed E-state index contributed by atoms with van der Waals surface area (Å²) in [4.78, 5) is 36.8. The first-order valence-electron chi connectivity index (χ1n) is 21.3. The van der Waals surface area contributed by atoms with Crippen LogP contribution in [-0.4, -0.2) is 73.9 Å². The van der Waals surface area contributed by atoms with E-state index in [1.165, 1.54) is 96.1 Å². The van der Waals surface area contributed by atoms with Gasteiger partial charge in [-0.25, -0.2) is 24.3 Å². The number of unbranched alkanes of at least 4 members (excludes halogenated alkanes) is 11. The number of carbonyl (C=O) groups is 1. The molecule has 9 nitrogen and oxygen atoms in total. The Labute approximate surface area is 332 Å². The fraction of sp³-hybridized carbons (Fsp3) is 0.614. The van der Waals surface area contributed by atoms with Gasteiger partial charge in [0, 0.05) is 50.0 Å². The highest BCUT2D eigenvalue weighted by Gasteiger charge is 2.29. The number of rotatable bonds is 21. The van der Waals surface area contributed by atoms with Gasteiger partial charge in [-0.2, -0.15) is 0 Å². The average Bonchev–Trinajstić information content (AvgIpc) is 3.87. The second-order valence-corrected chi connectivity index (χ2v) is 17.0. The van der Waals surface area contributed by atoms with Gasteiger partial charge >= 0.3 is 0 Å². The molecule has 6 rings (SSSR count). The first kappa shape index (κ1) is 40.9. The van der Waals surface area contributed by atoms with Crippen molar-refractivity contribution < 1.29 is 9.18 Å². The minimum absolute atomic E-state index is 0.208. The minimum atomic E-state index is -0.490. The van der Waals surface area contributed by atoms with E-state index >= 15 is 4.39 Å². The molecule has 1 aliphatic carbocycles. The number of carbonyl (C=O) groups excluding carboxylic acids is 1. The maximum atomic E-state index is 15.1. The Kier molecular flexibility index (Phi) is 15.6. The quantitative estimate of drug-likeness (QED) is 0.0808. The van der Waals surface area contributed by atoms with E-state index in [1.54, 1.807) is 11.3 Å². The Morgan fingerprint density at radius 1 is 0.855 bits per heavy atom. The van der Waals surface area contributed by atoms with Crippen LogP contribution in [0.2, 0.25) is 0 Å². The second-order valence-electron chi connectivity index (χ2n) is 16.0.